The lowest BCUT2D eigenvalue weighted by Gasteiger charge is -2.23. The molecule has 2 heterocycles. The minimum atomic E-state index is -0.716. The van der Waals surface area contributed by atoms with E-state index in [4.69, 9.17) is 10.5 Å². The van der Waals surface area contributed by atoms with Crippen LogP contribution in [0.5, 0.6) is 0 Å². The Morgan fingerprint density at radius 2 is 2.22 bits per heavy atom. The van der Waals surface area contributed by atoms with Gasteiger partial charge in [-0.1, -0.05) is 6.92 Å². The number of carbonyl (C=O) groups excluding carboxylic acids is 1. The number of anilines is 2. The molecule has 0 bridgehead atoms. The number of hydrogen-bond donors (Lipinski definition) is 2. The summed E-state index contributed by atoms with van der Waals surface area (Å²) in [6.07, 6.45) is 3.53. The fourth-order valence-corrected chi connectivity index (χ4v) is 3.08. The number of ether oxygens (including phenoxy) is 1. The van der Waals surface area contributed by atoms with Crippen LogP contribution in [0.1, 0.15) is 24.0 Å². The molecule has 0 fully saturated rings. The Morgan fingerprint density at radius 1 is 1.48 bits per heavy atom. The molecule has 0 aromatic carbocycles. The number of methoxy groups -OCH3 is 1. The smallest absolute Gasteiger partial charge is 0.330 e. The molecule has 3 N–H and O–H groups in total. The van der Waals surface area contributed by atoms with Crippen LogP contribution in [0.2, 0.25) is 0 Å². The highest BCUT2D eigenvalue weighted by atomic mass is 32.1. The summed E-state index contributed by atoms with van der Waals surface area (Å²) in [6.45, 7) is 4.37. The summed E-state index contributed by atoms with van der Waals surface area (Å²) in [4.78, 5) is 44.8. The van der Waals surface area contributed by atoms with E-state index >= 15 is 0 Å². The summed E-state index contributed by atoms with van der Waals surface area (Å²) in [5.74, 6) is -0.510. The monoisotopic (exact) mass is 393 g/mol. The van der Waals surface area contributed by atoms with Crippen molar-refractivity contribution < 1.29 is 9.53 Å². The van der Waals surface area contributed by atoms with Gasteiger partial charge in [0.1, 0.15) is 5.82 Å². The van der Waals surface area contributed by atoms with E-state index in [-0.39, 0.29) is 24.7 Å². The van der Waals surface area contributed by atoms with Gasteiger partial charge in [-0.2, -0.15) is 0 Å². The molecule has 9 nitrogen and oxygen atoms in total. The van der Waals surface area contributed by atoms with Crippen LogP contribution in [-0.4, -0.2) is 40.7 Å². The van der Waals surface area contributed by atoms with Crippen molar-refractivity contribution in [3.63, 3.8) is 0 Å². The fraction of sp³-hybridized carbons (Fsp3) is 0.412. The van der Waals surface area contributed by atoms with E-state index in [0.717, 1.165) is 5.01 Å². The second kappa shape index (κ2) is 9.28. The van der Waals surface area contributed by atoms with Crippen molar-refractivity contribution in [1.82, 2.24) is 14.5 Å². The number of thiazole rings is 1. The molecule has 2 aromatic heterocycles. The Hall–Kier alpha value is -2.72. The van der Waals surface area contributed by atoms with Crippen LogP contribution in [0.25, 0.3) is 6.08 Å². The highest BCUT2D eigenvalue weighted by molar-refractivity contribution is 7.09. The maximum absolute atomic E-state index is 12.8. The molecule has 2 aromatic rings. The number of rotatable bonds is 8. The van der Waals surface area contributed by atoms with Crippen LogP contribution in [-0.2, 0) is 16.1 Å². The van der Waals surface area contributed by atoms with Crippen molar-refractivity contribution in [2.45, 2.75) is 26.8 Å². The number of H-pyrrole nitrogens is 1. The van der Waals surface area contributed by atoms with Crippen LogP contribution in [0.4, 0.5) is 11.5 Å². The Kier molecular flexibility index (Phi) is 7.08. The molecule has 0 radical (unpaired) electrons. The molecule has 2 rings (SSSR count). The Labute approximate surface area is 160 Å². The van der Waals surface area contributed by atoms with Gasteiger partial charge in [0.2, 0.25) is 0 Å². The highest BCUT2D eigenvalue weighted by Crippen LogP contribution is 2.18. The van der Waals surface area contributed by atoms with Crippen LogP contribution in [0.3, 0.4) is 0 Å². The summed E-state index contributed by atoms with van der Waals surface area (Å²) in [5.41, 5.74) is 5.33. The van der Waals surface area contributed by atoms with Gasteiger partial charge in [-0.15, -0.1) is 11.3 Å². The molecule has 0 unspecified atom stereocenters. The number of carbonyl (C=O) groups is 1. The van der Waals surface area contributed by atoms with Gasteiger partial charge in [-0.3, -0.25) is 24.0 Å². The molecular formula is C17H23N5O4S. The number of aryl methyl sites for hydroxylation is 1. The van der Waals surface area contributed by atoms with E-state index in [0.29, 0.717) is 18.7 Å². The van der Waals surface area contributed by atoms with Crippen molar-refractivity contribution >= 4 is 34.8 Å². The third-order valence-corrected chi connectivity index (χ3v) is 4.54. The van der Waals surface area contributed by atoms with E-state index in [2.05, 4.69) is 9.97 Å². The number of nitrogens with zero attached hydrogens (tertiary/aromatic N) is 3. The number of aromatic nitrogens is 3. The van der Waals surface area contributed by atoms with E-state index in [1.807, 2.05) is 19.2 Å². The van der Waals surface area contributed by atoms with E-state index < -0.39 is 17.2 Å². The minimum Gasteiger partial charge on any atom is -0.383 e. The maximum atomic E-state index is 12.8. The van der Waals surface area contributed by atoms with Crippen molar-refractivity contribution in [2.75, 3.05) is 30.9 Å². The maximum Gasteiger partial charge on any atom is 0.330 e. The van der Waals surface area contributed by atoms with Gasteiger partial charge in [-0.25, -0.2) is 9.78 Å². The molecule has 1 amide bonds. The van der Waals surface area contributed by atoms with Crippen LogP contribution < -0.4 is 21.9 Å². The Bertz CT molecular complexity index is 944. The quantitative estimate of drug-likeness (QED) is 0.645. The lowest BCUT2D eigenvalue weighted by Crippen LogP contribution is -2.42. The third-order valence-electron chi connectivity index (χ3n) is 3.75. The zero-order chi connectivity index (χ0) is 20.0. The summed E-state index contributed by atoms with van der Waals surface area (Å²) >= 11 is 1.47. The van der Waals surface area contributed by atoms with E-state index in [1.165, 1.54) is 34.0 Å². The summed E-state index contributed by atoms with van der Waals surface area (Å²) in [5, 5.41) is 2.70. The van der Waals surface area contributed by atoms with Crippen molar-refractivity contribution in [1.29, 1.82) is 0 Å². The predicted octanol–water partition coefficient (Wildman–Crippen LogP) is 0.987. The molecule has 146 valence electrons. The number of amides is 1. The Morgan fingerprint density at radius 3 is 2.81 bits per heavy atom. The van der Waals surface area contributed by atoms with E-state index in [9.17, 15) is 14.4 Å². The lowest BCUT2D eigenvalue weighted by atomic mass is 10.3. The standard InChI is InChI=1S/C17H23N5O4S/c1-4-7-22-15(18)14(16(24)20-17(22)25)21(8-9-26-3)13(23)6-5-12-10-27-11(2)19-12/h5-6,10H,4,7-9,18H2,1-3H3,(H,20,24,25). The third kappa shape index (κ3) is 4.92. The molecule has 0 saturated heterocycles. The zero-order valence-corrected chi connectivity index (χ0v) is 16.3. The largest absolute Gasteiger partial charge is 0.383 e. The van der Waals surface area contributed by atoms with Gasteiger partial charge in [0.15, 0.2) is 5.69 Å². The Balaban J connectivity index is 2.45. The van der Waals surface area contributed by atoms with Crippen LogP contribution >= 0.6 is 11.3 Å². The van der Waals surface area contributed by atoms with E-state index in [1.54, 1.807) is 6.08 Å². The SMILES string of the molecule is CCCn1c(N)c(N(CCOC)C(=O)C=Cc2csc(C)n2)c(=O)[nH]c1=O. The first-order chi connectivity index (χ1) is 12.9. The number of nitrogen functional groups attached to an aromatic ring is 1. The van der Waals surface area contributed by atoms with Gasteiger partial charge in [0, 0.05) is 31.7 Å². The van der Waals surface area contributed by atoms with Gasteiger partial charge < -0.3 is 10.5 Å². The molecule has 0 atom stereocenters. The molecule has 0 aliphatic heterocycles. The average Bonchev–Trinajstić information content (AvgIpc) is 3.04. The molecule has 0 spiro atoms. The molecule has 10 heteroatoms. The second-order valence-electron chi connectivity index (χ2n) is 5.75. The summed E-state index contributed by atoms with van der Waals surface area (Å²) in [7, 11) is 1.49. The van der Waals surface area contributed by atoms with Crippen molar-refractivity contribution in [3.8, 4) is 0 Å². The first kappa shape index (κ1) is 20.6. The topological polar surface area (TPSA) is 123 Å². The summed E-state index contributed by atoms with van der Waals surface area (Å²) in [6, 6.07) is 0. The second-order valence-corrected chi connectivity index (χ2v) is 6.81. The summed E-state index contributed by atoms with van der Waals surface area (Å²) < 4.78 is 6.29. The van der Waals surface area contributed by atoms with Gasteiger partial charge in [0.05, 0.1) is 17.3 Å². The predicted molar refractivity (Wildman–Crippen MR) is 106 cm³/mol. The number of nitrogens with two attached hydrogens (primary N) is 1. The molecule has 0 aliphatic rings. The average molecular weight is 393 g/mol. The van der Waals surface area contributed by atoms with Crippen LogP contribution in [0.15, 0.2) is 21.0 Å². The normalized spacial score (nSPS) is 11.2. The number of nitrogens with one attached hydrogen (secondary N) is 1. The van der Waals surface area contributed by atoms with Crippen molar-refractivity contribution in [2.24, 2.45) is 0 Å². The lowest BCUT2D eigenvalue weighted by molar-refractivity contribution is -0.114. The van der Waals surface area contributed by atoms with Crippen LogP contribution in [0, 0.1) is 6.92 Å². The molecule has 0 aliphatic carbocycles. The van der Waals surface area contributed by atoms with Gasteiger partial charge in [-0.05, 0) is 19.4 Å². The zero-order valence-electron chi connectivity index (χ0n) is 15.5. The van der Waals surface area contributed by atoms with Gasteiger partial charge in [0.25, 0.3) is 11.5 Å². The first-order valence-electron chi connectivity index (χ1n) is 8.42. The number of aromatic amines is 1. The molecular weight excluding hydrogens is 370 g/mol. The highest BCUT2D eigenvalue weighted by Gasteiger charge is 2.22. The fourth-order valence-electron chi connectivity index (χ4n) is 2.50. The molecule has 27 heavy (non-hydrogen) atoms. The minimum absolute atomic E-state index is 0.0482. The van der Waals surface area contributed by atoms with Crippen molar-refractivity contribution in [3.05, 3.63) is 43.0 Å². The van der Waals surface area contributed by atoms with Gasteiger partial charge >= 0.3 is 5.69 Å². The number of hydrogen-bond acceptors (Lipinski definition) is 7. The molecule has 0 saturated carbocycles. The first-order valence-corrected chi connectivity index (χ1v) is 9.30.